The zero-order valence-corrected chi connectivity index (χ0v) is 13.2. The van der Waals surface area contributed by atoms with E-state index in [1.165, 1.54) is 7.11 Å². The van der Waals surface area contributed by atoms with E-state index >= 15 is 0 Å². The molecule has 0 aliphatic carbocycles. The van der Waals surface area contributed by atoms with Crippen molar-refractivity contribution < 1.29 is 23.9 Å². The van der Waals surface area contributed by atoms with Gasteiger partial charge in [0.15, 0.2) is 0 Å². The van der Waals surface area contributed by atoms with Crippen LogP contribution in [0.1, 0.15) is 29.8 Å². The van der Waals surface area contributed by atoms with Crippen LogP contribution >= 0.6 is 0 Å². The third-order valence-electron chi connectivity index (χ3n) is 3.40. The van der Waals surface area contributed by atoms with Gasteiger partial charge in [0.25, 0.3) is 0 Å². The summed E-state index contributed by atoms with van der Waals surface area (Å²) in [4.78, 5) is 49.3. The van der Waals surface area contributed by atoms with Crippen molar-refractivity contribution in [2.24, 2.45) is 5.92 Å². The Balaban J connectivity index is 2.13. The number of nitrogens with zero attached hydrogens (tertiary/aromatic N) is 2. The Morgan fingerprint density at radius 1 is 1.04 bits per heavy atom. The number of hydrogen-bond acceptors (Lipinski definition) is 5. The van der Waals surface area contributed by atoms with Crippen molar-refractivity contribution in [1.29, 1.82) is 0 Å². The van der Waals surface area contributed by atoms with Gasteiger partial charge in [-0.3, -0.25) is 19.4 Å². The molecule has 4 amide bonds. The smallest absolute Gasteiger partial charge is 0.337 e. The zero-order chi connectivity index (χ0) is 17.1. The largest absolute Gasteiger partial charge is 0.465 e. The number of esters is 1. The Morgan fingerprint density at radius 3 is 2.13 bits per heavy atom. The van der Waals surface area contributed by atoms with Crippen LogP contribution in [-0.4, -0.2) is 47.3 Å². The fourth-order valence-electron chi connectivity index (χ4n) is 2.26. The standard InChI is InChI=1S/C16H18N2O5/c1-10(2)8-17-13(19)14(20)18(16(17)22)9-11-4-6-12(7-5-11)15(21)23-3/h4-7,10H,8-9H2,1-3H3. The maximum atomic E-state index is 12.2. The fourth-order valence-corrected chi connectivity index (χ4v) is 2.26. The summed E-state index contributed by atoms with van der Waals surface area (Å²) in [5, 5.41) is 0. The Morgan fingerprint density at radius 2 is 1.61 bits per heavy atom. The predicted molar refractivity (Wildman–Crippen MR) is 80.3 cm³/mol. The van der Waals surface area contributed by atoms with Gasteiger partial charge in [0.05, 0.1) is 19.2 Å². The van der Waals surface area contributed by atoms with Gasteiger partial charge in [-0.25, -0.2) is 9.59 Å². The van der Waals surface area contributed by atoms with Crippen LogP contribution < -0.4 is 0 Å². The number of carbonyl (C=O) groups is 4. The number of rotatable bonds is 5. The number of carbonyl (C=O) groups excluding carboxylic acids is 4. The van der Waals surface area contributed by atoms with Gasteiger partial charge in [0, 0.05) is 6.54 Å². The first-order chi connectivity index (χ1) is 10.8. The maximum absolute atomic E-state index is 12.2. The molecule has 1 fully saturated rings. The van der Waals surface area contributed by atoms with Gasteiger partial charge < -0.3 is 4.74 Å². The lowest BCUT2D eigenvalue weighted by Crippen LogP contribution is -2.35. The Hall–Kier alpha value is -2.70. The topological polar surface area (TPSA) is 84.0 Å². The summed E-state index contributed by atoms with van der Waals surface area (Å²) >= 11 is 0. The molecule has 1 saturated heterocycles. The monoisotopic (exact) mass is 318 g/mol. The van der Waals surface area contributed by atoms with Crippen LogP contribution in [0.2, 0.25) is 0 Å². The number of benzene rings is 1. The van der Waals surface area contributed by atoms with Crippen molar-refractivity contribution in [3.8, 4) is 0 Å². The molecule has 1 heterocycles. The minimum Gasteiger partial charge on any atom is -0.465 e. The molecule has 0 atom stereocenters. The summed E-state index contributed by atoms with van der Waals surface area (Å²) < 4.78 is 4.60. The fraction of sp³-hybridized carbons (Fsp3) is 0.375. The minimum atomic E-state index is -0.826. The van der Waals surface area contributed by atoms with Crippen molar-refractivity contribution in [2.75, 3.05) is 13.7 Å². The molecule has 1 aromatic carbocycles. The molecule has 7 heteroatoms. The van der Waals surface area contributed by atoms with E-state index < -0.39 is 23.8 Å². The Labute approximate surface area is 133 Å². The Bertz CT molecular complexity index is 651. The van der Waals surface area contributed by atoms with Crippen LogP contribution in [0, 0.1) is 5.92 Å². The molecule has 23 heavy (non-hydrogen) atoms. The van der Waals surface area contributed by atoms with E-state index in [4.69, 9.17) is 0 Å². The van der Waals surface area contributed by atoms with Crippen LogP contribution in [0.15, 0.2) is 24.3 Å². The molecule has 1 aliphatic heterocycles. The molecule has 1 aliphatic rings. The number of ether oxygens (including phenoxy) is 1. The van der Waals surface area contributed by atoms with Gasteiger partial charge in [-0.05, 0) is 23.6 Å². The van der Waals surface area contributed by atoms with Crippen LogP contribution in [0.4, 0.5) is 4.79 Å². The molecule has 1 aromatic rings. The van der Waals surface area contributed by atoms with Gasteiger partial charge in [0.1, 0.15) is 0 Å². The second-order valence-corrected chi connectivity index (χ2v) is 5.67. The van der Waals surface area contributed by atoms with E-state index in [2.05, 4.69) is 4.74 Å². The summed E-state index contributed by atoms with van der Waals surface area (Å²) in [7, 11) is 1.28. The molecule has 0 unspecified atom stereocenters. The lowest BCUT2D eigenvalue weighted by molar-refractivity contribution is -0.143. The number of amides is 4. The predicted octanol–water partition coefficient (Wildman–Crippen LogP) is 1.42. The molecule has 122 valence electrons. The van der Waals surface area contributed by atoms with Crippen LogP contribution in [0.5, 0.6) is 0 Å². The zero-order valence-electron chi connectivity index (χ0n) is 13.2. The van der Waals surface area contributed by atoms with Gasteiger partial charge in [-0.1, -0.05) is 26.0 Å². The molecule has 0 radical (unpaired) electrons. The van der Waals surface area contributed by atoms with Crippen molar-refractivity contribution in [3.63, 3.8) is 0 Å². The van der Waals surface area contributed by atoms with Crippen molar-refractivity contribution in [2.45, 2.75) is 20.4 Å². The van der Waals surface area contributed by atoms with E-state index in [-0.39, 0.29) is 19.0 Å². The molecule has 0 bridgehead atoms. The number of imide groups is 2. The SMILES string of the molecule is COC(=O)c1ccc(CN2C(=O)C(=O)N(CC(C)C)C2=O)cc1. The average Bonchev–Trinajstić information content (AvgIpc) is 2.72. The van der Waals surface area contributed by atoms with Crippen molar-refractivity contribution in [3.05, 3.63) is 35.4 Å². The van der Waals surface area contributed by atoms with E-state index in [1.807, 2.05) is 13.8 Å². The third-order valence-corrected chi connectivity index (χ3v) is 3.40. The van der Waals surface area contributed by atoms with Gasteiger partial charge in [0.2, 0.25) is 0 Å². The first-order valence-electron chi connectivity index (χ1n) is 7.19. The molecule has 0 aromatic heterocycles. The molecule has 2 rings (SSSR count). The second-order valence-electron chi connectivity index (χ2n) is 5.67. The normalized spacial score (nSPS) is 14.9. The first kappa shape index (κ1) is 16.7. The molecular formula is C16H18N2O5. The molecular weight excluding hydrogens is 300 g/mol. The summed E-state index contributed by atoms with van der Waals surface area (Å²) in [6.45, 7) is 3.92. The highest BCUT2D eigenvalue weighted by Crippen LogP contribution is 2.18. The number of urea groups is 1. The number of methoxy groups -OCH3 is 1. The van der Waals surface area contributed by atoms with Crippen molar-refractivity contribution in [1.82, 2.24) is 9.80 Å². The molecule has 0 spiro atoms. The van der Waals surface area contributed by atoms with E-state index in [9.17, 15) is 19.2 Å². The van der Waals surface area contributed by atoms with E-state index in [0.717, 1.165) is 9.80 Å². The van der Waals surface area contributed by atoms with Gasteiger partial charge >= 0.3 is 23.8 Å². The highest BCUT2D eigenvalue weighted by Gasteiger charge is 2.44. The summed E-state index contributed by atoms with van der Waals surface area (Å²) in [5.74, 6) is -2.01. The first-order valence-corrected chi connectivity index (χ1v) is 7.19. The highest BCUT2D eigenvalue weighted by atomic mass is 16.5. The highest BCUT2D eigenvalue weighted by molar-refractivity contribution is 6.44. The lowest BCUT2D eigenvalue weighted by Gasteiger charge is -2.17. The van der Waals surface area contributed by atoms with E-state index in [1.54, 1.807) is 24.3 Å². The summed E-state index contributed by atoms with van der Waals surface area (Å²) in [6, 6.07) is 5.70. The summed E-state index contributed by atoms with van der Waals surface area (Å²) in [5.41, 5.74) is 1.01. The molecule has 7 nitrogen and oxygen atoms in total. The van der Waals surface area contributed by atoms with Crippen LogP contribution in [0.25, 0.3) is 0 Å². The maximum Gasteiger partial charge on any atom is 0.337 e. The van der Waals surface area contributed by atoms with Gasteiger partial charge in [-0.15, -0.1) is 0 Å². The molecule has 0 N–H and O–H groups in total. The minimum absolute atomic E-state index is 0.0144. The van der Waals surface area contributed by atoms with Crippen LogP contribution in [-0.2, 0) is 20.9 Å². The van der Waals surface area contributed by atoms with Crippen molar-refractivity contribution >= 4 is 23.8 Å². The van der Waals surface area contributed by atoms with Crippen LogP contribution in [0.3, 0.4) is 0 Å². The van der Waals surface area contributed by atoms with Gasteiger partial charge in [-0.2, -0.15) is 0 Å². The quantitative estimate of drug-likeness (QED) is 0.466. The molecule has 0 saturated carbocycles. The second kappa shape index (κ2) is 6.60. The number of hydrogen-bond donors (Lipinski definition) is 0. The lowest BCUT2D eigenvalue weighted by atomic mass is 10.1. The summed E-state index contributed by atoms with van der Waals surface area (Å²) in [6.07, 6.45) is 0. The van der Waals surface area contributed by atoms with E-state index in [0.29, 0.717) is 11.1 Å². The Kier molecular flexibility index (Phi) is 4.78. The average molecular weight is 318 g/mol. The third kappa shape index (κ3) is 3.39.